The average Bonchev–Trinajstić information content (AvgIpc) is 3.34. The number of nitrogens with zero attached hydrogens (tertiary/aromatic N) is 2. The molecule has 2 heterocycles. The van der Waals surface area contributed by atoms with E-state index >= 15 is 0 Å². The van der Waals surface area contributed by atoms with E-state index in [0.29, 0.717) is 44.6 Å². The third-order valence-corrected chi connectivity index (χ3v) is 5.90. The second kappa shape index (κ2) is 6.74. The number of rotatable bonds is 3. The standard InChI is InChI=1S/C23H22N2O4/c26-21(24-10-12-25(13-11-24)22(27)23(28)8-9-23)18-4-1-16(2-5-18)19-6-3-17-7-14-29-20(17)15-19/h1-7,14-15,28H,8-13H2. The van der Waals surface area contributed by atoms with Crippen molar-refractivity contribution in [2.75, 3.05) is 26.2 Å². The number of amides is 2. The highest BCUT2D eigenvalue weighted by Crippen LogP contribution is 2.37. The molecule has 1 aromatic heterocycles. The van der Waals surface area contributed by atoms with E-state index in [2.05, 4.69) is 0 Å². The molecule has 1 N–H and O–H groups in total. The summed E-state index contributed by atoms with van der Waals surface area (Å²) in [6.45, 7) is 1.90. The molecule has 6 heteroatoms. The van der Waals surface area contributed by atoms with Crippen LogP contribution in [0.15, 0.2) is 59.2 Å². The third-order valence-electron chi connectivity index (χ3n) is 5.90. The molecule has 1 saturated heterocycles. The fourth-order valence-corrected chi connectivity index (χ4v) is 3.86. The summed E-state index contributed by atoms with van der Waals surface area (Å²) >= 11 is 0. The first-order valence-corrected chi connectivity index (χ1v) is 9.92. The first-order chi connectivity index (χ1) is 14.0. The average molecular weight is 390 g/mol. The van der Waals surface area contributed by atoms with E-state index in [-0.39, 0.29) is 11.8 Å². The first-order valence-electron chi connectivity index (χ1n) is 9.92. The van der Waals surface area contributed by atoms with Gasteiger partial charge >= 0.3 is 0 Å². The molecular weight excluding hydrogens is 368 g/mol. The van der Waals surface area contributed by atoms with Gasteiger partial charge in [-0.25, -0.2) is 0 Å². The van der Waals surface area contributed by atoms with Gasteiger partial charge in [0.05, 0.1) is 6.26 Å². The highest BCUT2D eigenvalue weighted by atomic mass is 16.3. The molecule has 1 saturated carbocycles. The predicted octanol–water partition coefficient (Wildman–Crippen LogP) is 2.91. The van der Waals surface area contributed by atoms with Crippen LogP contribution in [0.1, 0.15) is 23.2 Å². The summed E-state index contributed by atoms with van der Waals surface area (Å²) in [5, 5.41) is 11.1. The summed E-state index contributed by atoms with van der Waals surface area (Å²) in [4.78, 5) is 28.5. The molecule has 3 aromatic rings. The highest BCUT2D eigenvalue weighted by molar-refractivity contribution is 5.95. The topological polar surface area (TPSA) is 74.0 Å². The second-order valence-corrected chi connectivity index (χ2v) is 7.87. The monoisotopic (exact) mass is 390 g/mol. The Bertz CT molecular complexity index is 1070. The van der Waals surface area contributed by atoms with Crippen LogP contribution in [0.5, 0.6) is 0 Å². The summed E-state index contributed by atoms with van der Waals surface area (Å²) in [5.74, 6) is -0.224. The van der Waals surface area contributed by atoms with Crippen molar-refractivity contribution in [2.24, 2.45) is 0 Å². The Labute approximate surface area is 168 Å². The Hall–Kier alpha value is -3.12. The molecule has 148 valence electrons. The molecule has 2 fully saturated rings. The molecule has 29 heavy (non-hydrogen) atoms. The van der Waals surface area contributed by atoms with Crippen molar-refractivity contribution < 1.29 is 19.1 Å². The van der Waals surface area contributed by atoms with E-state index in [1.165, 1.54) is 0 Å². The number of fused-ring (bicyclic) bond motifs is 1. The van der Waals surface area contributed by atoms with Crippen molar-refractivity contribution in [3.05, 3.63) is 60.4 Å². The van der Waals surface area contributed by atoms with Gasteiger partial charge in [0, 0.05) is 37.1 Å². The zero-order chi connectivity index (χ0) is 20.0. The first kappa shape index (κ1) is 17.9. The van der Waals surface area contributed by atoms with E-state index in [9.17, 15) is 14.7 Å². The lowest BCUT2D eigenvalue weighted by Gasteiger charge is -2.35. The van der Waals surface area contributed by atoms with Gasteiger partial charge in [0.1, 0.15) is 11.2 Å². The number of piperazine rings is 1. The SMILES string of the molecule is O=C(c1ccc(-c2ccc3ccoc3c2)cc1)N1CCN(C(=O)C2(O)CC2)CC1. The zero-order valence-electron chi connectivity index (χ0n) is 16.0. The summed E-state index contributed by atoms with van der Waals surface area (Å²) in [6.07, 6.45) is 2.77. The minimum absolute atomic E-state index is 0.0322. The molecule has 1 aliphatic carbocycles. The van der Waals surface area contributed by atoms with Gasteiger partial charge in [-0.3, -0.25) is 9.59 Å². The van der Waals surface area contributed by atoms with Crippen LogP contribution in [0.3, 0.4) is 0 Å². The fourth-order valence-electron chi connectivity index (χ4n) is 3.86. The van der Waals surface area contributed by atoms with Gasteiger partial charge in [-0.1, -0.05) is 24.3 Å². The molecule has 0 unspecified atom stereocenters. The van der Waals surface area contributed by atoms with Crippen molar-refractivity contribution in [2.45, 2.75) is 18.4 Å². The number of benzene rings is 2. The molecule has 2 aromatic carbocycles. The Kier molecular flexibility index (Phi) is 4.17. The Morgan fingerprint density at radius 3 is 2.21 bits per heavy atom. The minimum Gasteiger partial charge on any atom is -0.464 e. The van der Waals surface area contributed by atoms with Crippen LogP contribution in [0.2, 0.25) is 0 Å². The number of carbonyl (C=O) groups excluding carboxylic acids is 2. The molecule has 0 radical (unpaired) electrons. The van der Waals surface area contributed by atoms with Crippen LogP contribution < -0.4 is 0 Å². The van der Waals surface area contributed by atoms with E-state index in [1.54, 1.807) is 16.1 Å². The van der Waals surface area contributed by atoms with Crippen LogP contribution in [0, 0.1) is 0 Å². The molecule has 2 aliphatic rings. The van der Waals surface area contributed by atoms with Gasteiger partial charge in [0.25, 0.3) is 11.8 Å². The largest absolute Gasteiger partial charge is 0.464 e. The van der Waals surface area contributed by atoms with Crippen LogP contribution in [-0.4, -0.2) is 58.5 Å². The van der Waals surface area contributed by atoms with E-state index < -0.39 is 5.60 Å². The third kappa shape index (κ3) is 3.29. The van der Waals surface area contributed by atoms with E-state index in [1.807, 2.05) is 48.5 Å². The molecule has 2 amide bonds. The second-order valence-electron chi connectivity index (χ2n) is 7.87. The number of hydrogen-bond acceptors (Lipinski definition) is 4. The quantitative estimate of drug-likeness (QED) is 0.746. The Balaban J connectivity index is 1.25. The van der Waals surface area contributed by atoms with Crippen molar-refractivity contribution in [3.63, 3.8) is 0 Å². The van der Waals surface area contributed by atoms with Crippen LogP contribution in [-0.2, 0) is 4.79 Å². The van der Waals surface area contributed by atoms with E-state index in [4.69, 9.17) is 4.42 Å². The lowest BCUT2D eigenvalue weighted by molar-refractivity contribution is -0.143. The highest BCUT2D eigenvalue weighted by Gasteiger charge is 2.50. The van der Waals surface area contributed by atoms with Crippen molar-refractivity contribution in [1.82, 2.24) is 9.80 Å². The van der Waals surface area contributed by atoms with Gasteiger partial charge in [0.2, 0.25) is 0 Å². The lowest BCUT2D eigenvalue weighted by atomic mass is 10.0. The fraction of sp³-hybridized carbons (Fsp3) is 0.304. The van der Waals surface area contributed by atoms with Crippen LogP contribution >= 0.6 is 0 Å². The molecular formula is C23H22N2O4. The van der Waals surface area contributed by atoms with E-state index in [0.717, 1.165) is 22.1 Å². The van der Waals surface area contributed by atoms with Crippen LogP contribution in [0.4, 0.5) is 0 Å². The predicted molar refractivity (Wildman–Crippen MR) is 108 cm³/mol. The summed E-state index contributed by atoms with van der Waals surface area (Å²) < 4.78 is 5.47. The number of aliphatic hydroxyl groups is 1. The molecule has 0 atom stereocenters. The maximum Gasteiger partial charge on any atom is 0.254 e. The summed E-state index contributed by atoms with van der Waals surface area (Å²) in [6, 6.07) is 15.6. The van der Waals surface area contributed by atoms with Gasteiger partial charge in [-0.15, -0.1) is 0 Å². The van der Waals surface area contributed by atoms with Crippen LogP contribution in [0.25, 0.3) is 22.1 Å². The lowest BCUT2D eigenvalue weighted by Crippen LogP contribution is -2.53. The van der Waals surface area contributed by atoms with Gasteiger partial charge in [0.15, 0.2) is 0 Å². The zero-order valence-corrected chi connectivity index (χ0v) is 16.0. The summed E-state index contributed by atoms with van der Waals surface area (Å²) in [5.41, 5.74) is 2.39. The van der Waals surface area contributed by atoms with Crippen molar-refractivity contribution in [3.8, 4) is 11.1 Å². The Morgan fingerprint density at radius 1 is 0.862 bits per heavy atom. The molecule has 6 nitrogen and oxygen atoms in total. The maximum absolute atomic E-state index is 12.8. The number of hydrogen-bond donors (Lipinski definition) is 1. The Morgan fingerprint density at radius 2 is 1.52 bits per heavy atom. The van der Waals surface area contributed by atoms with Gasteiger partial charge in [-0.2, -0.15) is 0 Å². The normalized spacial score (nSPS) is 18.1. The molecule has 0 spiro atoms. The minimum atomic E-state index is -1.14. The van der Waals surface area contributed by atoms with Crippen molar-refractivity contribution in [1.29, 1.82) is 0 Å². The smallest absolute Gasteiger partial charge is 0.254 e. The van der Waals surface area contributed by atoms with Gasteiger partial charge in [-0.05, 0) is 48.2 Å². The molecule has 0 bridgehead atoms. The summed E-state index contributed by atoms with van der Waals surface area (Å²) in [7, 11) is 0. The van der Waals surface area contributed by atoms with Gasteiger partial charge < -0.3 is 19.3 Å². The number of carbonyl (C=O) groups is 2. The maximum atomic E-state index is 12.8. The number of furan rings is 1. The van der Waals surface area contributed by atoms with Crippen molar-refractivity contribution >= 4 is 22.8 Å². The molecule has 5 rings (SSSR count). The molecule has 1 aliphatic heterocycles.